The van der Waals surface area contributed by atoms with Gasteiger partial charge in [-0.25, -0.2) is 10.8 Å². The van der Waals surface area contributed by atoms with Crippen molar-refractivity contribution < 1.29 is 4.79 Å². The molecular formula is C14H23N3OS. The van der Waals surface area contributed by atoms with Crippen LogP contribution in [0.15, 0.2) is 5.38 Å². The van der Waals surface area contributed by atoms with E-state index in [1.54, 1.807) is 0 Å². The summed E-state index contributed by atoms with van der Waals surface area (Å²) in [6.07, 6.45) is 11.7. The number of aromatic nitrogens is 1. The highest BCUT2D eigenvalue weighted by atomic mass is 32.1. The van der Waals surface area contributed by atoms with Gasteiger partial charge >= 0.3 is 0 Å². The van der Waals surface area contributed by atoms with Crippen LogP contribution in [-0.4, -0.2) is 10.9 Å². The Bertz CT molecular complexity index is 395. The van der Waals surface area contributed by atoms with Gasteiger partial charge in [0.1, 0.15) is 0 Å². The third kappa shape index (κ3) is 4.28. The molecule has 1 amide bonds. The molecule has 3 N–H and O–H groups in total. The first-order chi connectivity index (χ1) is 9.31. The zero-order chi connectivity index (χ0) is 13.5. The van der Waals surface area contributed by atoms with Crippen LogP contribution in [0.25, 0.3) is 0 Å². The Kier molecular flexibility index (Phi) is 5.79. The van der Waals surface area contributed by atoms with Crippen molar-refractivity contribution in [3.05, 3.63) is 16.1 Å². The Labute approximate surface area is 118 Å². The second kappa shape index (κ2) is 7.60. The highest BCUT2D eigenvalue weighted by molar-refractivity contribution is 7.11. The van der Waals surface area contributed by atoms with Crippen LogP contribution in [0, 0.1) is 0 Å². The van der Waals surface area contributed by atoms with E-state index in [1.807, 2.05) is 5.38 Å². The molecule has 0 bridgehead atoms. The molecule has 0 unspecified atom stereocenters. The standard InChI is InChI=1S/C14H23N3OS/c15-17-13(18)14-16-12(10-19-14)11-8-6-4-2-1-3-5-7-9-11/h10-11H,1-9,15H2,(H,17,18). The molecule has 1 aromatic rings. The first-order valence-electron chi connectivity index (χ1n) is 7.27. The fraction of sp³-hybridized carbons (Fsp3) is 0.714. The van der Waals surface area contributed by atoms with E-state index in [4.69, 9.17) is 5.84 Å². The van der Waals surface area contributed by atoms with E-state index in [9.17, 15) is 4.79 Å². The number of nitrogen functional groups attached to an aromatic ring is 1. The van der Waals surface area contributed by atoms with Gasteiger partial charge in [-0.2, -0.15) is 0 Å². The van der Waals surface area contributed by atoms with Crippen molar-refractivity contribution in [2.75, 3.05) is 0 Å². The minimum Gasteiger partial charge on any atom is -0.288 e. The van der Waals surface area contributed by atoms with Crippen LogP contribution in [0.4, 0.5) is 0 Å². The molecule has 19 heavy (non-hydrogen) atoms. The van der Waals surface area contributed by atoms with Crippen molar-refractivity contribution in [2.24, 2.45) is 5.84 Å². The van der Waals surface area contributed by atoms with Crippen molar-refractivity contribution >= 4 is 17.2 Å². The summed E-state index contributed by atoms with van der Waals surface area (Å²) in [5.74, 6) is 5.38. The zero-order valence-electron chi connectivity index (χ0n) is 11.4. The predicted octanol–water partition coefficient (Wildman–Crippen LogP) is 3.35. The minimum absolute atomic E-state index is 0.281. The summed E-state index contributed by atoms with van der Waals surface area (Å²) >= 11 is 1.39. The van der Waals surface area contributed by atoms with E-state index in [0.717, 1.165) is 5.69 Å². The molecule has 1 saturated carbocycles. The van der Waals surface area contributed by atoms with Crippen LogP contribution < -0.4 is 11.3 Å². The second-order valence-electron chi connectivity index (χ2n) is 5.30. The maximum absolute atomic E-state index is 11.4. The Balaban J connectivity index is 2.00. The van der Waals surface area contributed by atoms with Crippen LogP contribution in [-0.2, 0) is 0 Å². The molecule has 0 spiro atoms. The van der Waals surface area contributed by atoms with Crippen molar-refractivity contribution in [1.29, 1.82) is 0 Å². The van der Waals surface area contributed by atoms with Crippen LogP contribution in [0.5, 0.6) is 0 Å². The third-order valence-electron chi connectivity index (χ3n) is 3.87. The Hall–Kier alpha value is -0.940. The topological polar surface area (TPSA) is 68.0 Å². The summed E-state index contributed by atoms with van der Waals surface area (Å²) in [5, 5.41) is 2.51. The number of carbonyl (C=O) groups excluding carboxylic acids is 1. The lowest BCUT2D eigenvalue weighted by Crippen LogP contribution is -2.29. The summed E-state index contributed by atoms with van der Waals surface area (Å²) in [5.41, 5.74) is 3.23. The van der Waals surface area contributed by atoms with Crippen LogP contribution >= 0.6 is 11.3 Å². The van der Waals surface area contributed by atoms with Gasteiger partial charge in [-0.1, -0.05) is 44.9 Å². The Morgan fingerprint density at radius 2 is 1.74 bits per heavy atom. The maximum atomic E-state index is 11.4. The van der Waals surface area contributed by atoms with Gasteiger partial charge in [0, 0.05) is 11.3 Å². The van der Waals surface area contributed by atoms with Crippen molar-refractivity contribution in [3.63, 3.8) is 0 Å². The van der Waals surface area contributed by atoms with Gasteiger partial charge in [0.15, 0.2) is 5.01 Å². The molecule has 4 nitrogen and oxygen atoms in total. The van der Waals surface area contributed by atoms with E-state index in [-0.39, 0.29) is 5.91 Å². The minimum atomic E-state index is -0.281. The number of amides is 1. The Morgan fingerprint density at radius 3 is 2.32 bits per heavy atom. The average Bonchev–Trinajstić information content (AvgIpc) is 2.93. The van der Waals surface area contributed by atoms with E-state index in [1.165, 1.54) is 69.1 Å². The monoisotopic (exact) mass is 281 g/mol. The van der Waals surface area contributed by atoms with Gasteiger partial charge in [0.05, 0.1) is 5.69 Å². The summed E-state index contributed by atoms with van der Waals surface area (Å²) in [4.78, 5) is 15.9. The van der Waals surface area contributed by atoms with Crippen molar-refractivity contribution in [3.8, 4) is 0 Å². The first kappa shape index (κ1) is 14.5. The fourth-order valence-corrected chi connectivity index (χ4v) is 3.55. The van der Waals surface area contributed by atoms with Gasteiger partial charge in [-0.05, 0) is 12.8 Å². The van der Waals surface area contributed by atoms with E-state index >= 15 is 0 Å². The first-order valence-corrected chi connectivity index (χ1v) is 8.15. The SMILES string of the molecule is NNC(=O)c1nc(C2CCCCCCCCC2)cs1. The number of hydrazine groups is 1. The lowest BCUT2D eigenvalue weighted by Gasteiger charge is -2.16. The van der Waals surface area contributed by atoms with E-state index in [2.05, 4.69) is 10.4 Å². The zero-order valence-corrected chi connectivity index (χ0v) is 12.2. The third-order valence-corrected chi connectivity index (χ3v) is 4.73. The normalized spacial score (nSPS) is 19.0. The summed E-state index contributed by atoms with van der Waals surface area (Å²) in [6, 6.07) is 0. The van der Waals surface area contributed by atoms with Crippen LogP contribution in [0.2, 0.25) is 0 Å². The van der Waals surface area contributed by atoms with E-state index < -0.39 is 0 Å². The number of nitrogens with zero attached hydrogens (tertiary/aromatic N) is 1. The fourth-order valence-electron chi connectivity index (χ4n) is 2.75. The Morgan fingerprint density at radius 1 is 1.16 bits per heavy atom. The predicted molar refractivity (Wildman–Crippen MR) is 78.1 cm³/mol. The second-order valence-corrected chi connectivity index (χ2v) is 6.16. The molecule has 1 fully saturated rings. The number of nitrogens with two attached hydrogens (primary N) is 1. The molecule has 5 heteroatoms. The molecular weight excluding hydrogens is 258 g/mol. The van der Waals surface area contributed by atoms with Crippen LogP contribution in [0.1, 0.15) is 79.2 Å². The molecule has 0 saturated heterocycles. The average molecular weight is 281 g/mol. The highest BCUT2D eigenvalue weighted by Crippen LogP contribution is 2.30. The molecule has 106 valence electrons. The van der Waals surface area contributed by atoms with Gasteiger partial charge in [-0.3, -0.25) is 10.2 Å². The molecule has 1 aliphatic rings. The largest absolute Gasteiger partial charge is 0.294 e. The van der Waals surface area contributed by atoms with E-state index in [0.29, 0.717) is 10.9 Å². The van der Waals surface area contributed by atoms with Gasteiger partial charge in [-0.15, -0.1) is 11.3 Å². The summed E-state index contributed by atoms with van der Waals surface area (Å²) in [7, 11) is 0. The van der Waals surface area contributed by atoms with Gasteiger partial charge < -0.3 is 0 Å². The van der Waals surface area contributed by atoms with Crippen molar-refractivity contribution in [1.82, 2.24) is 10.4 Å². The number of nitrogens with one attached hydrogen (secondary N) is 1. The lowest BCUT2D eigenvalue weighted by molar-refractivity contribution is 0.0953. The summed E-state index contributed by atoms with van der Waals surface area (Å²) < 4.78 is 0. The van der Waals surface area contributed by atoms with Crippen molar-refractivity contribution in [2.45, 2.75) is 63.7 Å². The molecule has 1 heterocycles. The number of carbonyl (C=O) groups is 1. The molecule has 0 atom stereocenters. The number of rotatable bonds is 2. The number of thiazole rings is 1. The quantitative estimate of drug-likeness (QED) is 0.496. The number of hydrogen-bond acceptors (Lipinski definition) is 4. The molecule has 0 aromatic carbocycles. The molecule has 0 radical (unpaired) electrons. The van der Waals surface area contributed by atoms with Gasteiger partial charge in [0.25, 0.3) is 5.91 Å². The highest BCUT2D eigenvalue weighted by Gasteiger charge is 2.17. The summed E-state index contributed by atoms with van der Waals surface area (Å²) in [6.45, 7) is 0. The number of hydrogen-bond donors (Lipinski definition) is 2. The molecule has 2 rings (SSSR count). The smallest absolute Gasteiger partial charge is 0.288 e. The molecule has 1 aliphatic carbocycles. The van der Waals surface area contributed by atoms with Gasteiger partial charge in [0.2, 0.25) is 0 Å². The molecule has 1 aromatic heterocycles. The molecule has 0 aliphatic heterocycles. The van der Waals surface area contributed by atoms with Crippen LogP contribution in [0.3, 0.4) is 0 Å². The lowest BCUT2D eigenvalue weighted by atomic mass is 9.90. The maximum Gasteiger partial charge on any atom is 0.294 e.